The molecular weight excluding hydrogens is 561 g/mol. The zero-order valence-corrected chi connectivity index (χ0v) is 24.2. The Hall–Kier alpha value is -5.11. The summed E-state index contributed by atoms with van der Waals surface area (Å²) in [4.78, 5) is 19.4. The van der Waals surface area contributed by atoms with Crippen LogP contribution in [0.1, 0.15) is 32.6 Å². The maximum absolute atomic E-state index is 13.7. The molecule has 0 bridgehead atoms. The number of hydrogen-bond donors (Lipinski definition) is 2. The Labute approximate surface area is 254 Å². The minimum absolute atomic E-state index is 0.116. The molecule has 5 nitrogen and oxygen atoms in total. The third-order valence-corrected chi connectivity index (χ3v) is 7.80. The van der Waals surface area contributed by atoms with Gasteiger partial charge < -0.3 is 15.5 Å². The van der Waals surface area contributed by atoms with Gasteiger partial charge in [-0.15, -0.1) is 0 Å². The zero-order chi connectivity index (χ0) is 30.7. The molecule has 6 rings (SSSR count). The van der Waals surface area contributed by atoms with Gasteiger partial charge >= 0.3 is 6.18 Å². The Balaban J connectivity index is 1.14. The molecule has 1 aromatic heterocycles. The van der Waals surface area contributed by atoms with E-state index in [1.54, 1.807) is 31.3 Å². The summed E-state index contributed by atoms with van der Waals surface area (Å²) in [7, 11) is 0. The van der Waals surface area contributed by atoms with Gasteiger partial charge in [-0.25, -0.2) is 4.98 Å². The van der Waals surface area contributed by atoms with Gasteiger partial charge in [-0.1, -0.05) is 84.4 Å². The van der Waals surface area contributed by atoms with Gasteiger partial charge in [-0.2, -0.15) is 13.2 Å². The second-order valence-electron chi connectivity index (χ2n) is 10.9. The van der Waals surface area contributed by atoms with Crippen LogP contribution in [0.2, 0.25) is 0 Å². The number of amides is 1. The Kier molecular flexibility index (Phi) is 8.07. The number of carbonyl (C=O) groups excluding carboxylic acids is 1. The normalized spacial score (nSPS) is 12.8. The van der Waals surface area contributed by atoms with Gasteiger partial charge in [0.05, 0.1) is 11.3 Å². The molecule has 0 unspecified atom stereocenters. The van der Waals surface area contributed by atoms with Crippen molar-refractivity contribution in [1.82, 2.24) is 10.3 Å². The predicted octanol–water partition coefficient (Wildman–Crippen LogP) is 8.10. The van der Waals surface area contributed by atoms with Gasteiger partial charge in [0.25, 0.3) is 5.91 Å². The molecule has 0 saturated carbocycles. The minimum atomic E-state index is -4.43. The van der Waals surface area contributed by atoms with Crippen molar-refractivity contribution in [3.8, 4) is 22.3 Å². The number of alkyl halides is 3. The fraction of sp³-hybridized carbons (Fsp3) is 0.167. The first kappa shape index (κ1) is 29.0. The van der Waals surface area contributed by atoms with Crippen molar-refractivity contribution in [2.24, 2.45) is 0 Å². The van der Waals surface area contributed by atoms with Gasteiger partial charge in [-0.3, -0.25) is 4.79 Å². The molecular formula is C36H31F3N4O. The topological polar surface area (TPSA) is 57.3 Å². The largest absolute Gasteiger partial charge is 0.416 e. The van der Waals surface area contributed by atoms with Gasteiger partial charge in [-0.05, 0) is 59.0 Å². The molecule has 0 atom stereocenters. The molecule has 2 heterocycles. The Bertz CT molecular complexity index is 1770. The summed E-state index contributed by atoms with van der Waals surface area (Å²) < 4.78 is 41.2. The predicted molar refractivity (Wildman–Crippen MR) is 168 cm³/mol. The average molecular weight is 593 g/mol. The molecule has 0 radical (unpaired) electrons. The van der Waals surface area contributed by atoms with Crippen LogP contribution < -0.4 is 15.5 Å². The number of carbonyl (C=O) groups is 1. The second kappa shape index (κ2) is 12.2. The lowest BCUT2D eigenvalue weighted by Gasteiger charge is -2.32. The van der Waals surface area contributed by atoms with Crippen molar-refractivity contribution in [3.63, 3.8) is 0 Å². The SMILES string of the molecule is Cc1ccc(C(F)(F)F)c(CN2CCNc3ncc(-c4ccc(C(=O)NCc5ccc(-c6ccccc6)cc5)cc4)cc32)c1. The number of aryl methyl sites for hydroxylation is 1. The maximum Gasteiger partial charge on any atom is 0.416 e. The van der Waals surface area contributed by atoms with E-state index in [1.165, 1.54) is 6.07 Å². The first-order chi connectivity index (χ1) is 21.2. The average Bonchev–Trinajstić information content (AvgIpc) is 3.04. The summed E-state index contributed by atoms with van der Waals surface area (Å²) in [5, 5.41) is 6.22. The van der Waals surface area contributed by atoms with E-state index in [-0.39, 0.29) is 18.0 Å². The van der Waals surface area contributed by atoms with Gasteiger partial charge in [0.15, 0.2) is 0 Å². The third kappa shape index (κ3) is 6.44. The van der Waals surface area contributed by atoms with Gasteiger partial charge in [0.1, 0.15) is 5.82 Å². The van der Waals surface area contributed by atoms with Crippen molar-refractivity contribution < 1.29 is 18.0 Å². The van der Waals surface area contributed by atoms with Crippen LogP contribution >= 0.6 is 0 Å². The summed E-state index contributed by atoms with van der Waals surface area (Å²) in [5.41, 5.74) is 6.58. The van der Waals surface area contributed by atoms with Crippen LogP contribution in [0.5, 0.6) is 0 Å². The number of anilines is 2. The van der Waals surface area contributed by atoms with E-state index in [1.807, 2.05) is 65.6 Å². The fourth-order valence-corrected chi connectivity index (χ4v) is 5.46. The van der Waals surface area contributed by atoms with Crippen molar-refractivity contribution in [1.29, 1.82) is 0 Å². The van der Waals surface area contributed by atoms with Gasteiger partial charge in [0.2, 0.25) is 0 Å². The van der Waals surface area contributed by atoms with E-state index in [0.29, 0.717) is 31.0 Å². The number of hydrogen-bond acceptors (Lipinski definition) is 4. The van der Waals surface area contributed by atoms with E-state index in [2.05, 4.69) is 27.8 Å². The summed E-state index contributed by atoms with van der Waals surface area (Å²) in [6.07, 6.45) is -2.70. The van der Waals surface area contributed by atoms with Crippen LogP contribution in [0.3, 0.4) is 0 Å². The second-order valence-corrected chi connectivity index (χ2v) is 10.9. The number of fused-ring (bicyclic) bond motifs is 1. The molecule has 1 aliphatic rings. The third-order valence-electron chi connectivity index (χ3n) is 7.80. The Morgan fingerprint density at radius 1 is 0.864 bits per heavy atom. The molecule has 44 heavy (non-hydrogen) atoms. The van der Waals surface area contributed by atoms with Crippen molar-refractivity contribution in [3.05, 3.63) is 137 Å². The fourth-order valence-electron chi connectivity index (χ4n) is 5.46. The van der Waals surface area contributed by atoms with Crippen molar-refractivity contribution in [2.45, 2.75) is 26.2 Å². The van der Waals surface area contributed by atoms with Gasteiger partial charge in [0, 0.05) is 43.5 Å². The Morgan fingerprint density at radius 2 is 1.55 bits per heavy atom. The summed E-state index contributed by atoms with van der Waals surface area (Å²) in [5.74, 6) is 0.454. The molecule has 0 aliphatic carbocycles. The van der Waals surface area contributed by atoms with E-state index in [0.717, 1.165) is 45.1 Å². The van der Waals surface area contributed by atoms with Crippen LogP contribution in [0, 0.1) is 6.92 Å². The minimum Gasteiger partial charge on any atom is -0.367 e. The molecule has 1 aliphatic heterocycles. The number of benzene rings is 4. The molecule has 0 fully saturated rings. The number of pyridine rings is 1. The smallest absolute Gasteiger partial charge is 0.367 e. The van der Waals surface area contributed by atoms with Crippen LogP contribution in [0.4, 0.5) is 24.7 Å². The first-order valence-electron chi connectivity index (χ1n) is 14.4. The number of nitrogens with one attached hydrogen (secondary N) is 2. The number of rotatable bonds is 7. The molecule has 2 N–H and O–H groups in total. The highest BCUT2D eigenvalue weighted by atomic mass is 19.4. The lowest BCUT2D eigenvalue weighted by molar-refractivity contribution is -0.138. The maximum atomic E-state index is 13.7. The lowest BCUT2D eigenvalue weighted by Crippen LogP contribution is -2.34. The molecule has 222 valence electrons. The van der Waals surface area contributed by atoms with E-state index in [4.69, 9.17) is 0 Å². The standard InChI is InChI=1S/C36H31F3N4O/c1-24-7-16-32(36(37,38)39)31(19-24)23-43-18-17-40-34-33(43)20-30(22-41-34)28-12-14-29(15-13-28)35(44)42-21-25-8-10-27(11-9-25)26-5-3-2-4-6-26/h2-16,19-20,22H,17-18,21,23H2,1H3,(H,40,41)(H,42,44). The highest BCUT2D eigenvalue weighted by Gasteiger charge is 2.34. The monoisotopic (exact) mass is 592 g/mol. The molecule has 5 aromatic rings. The van der Waals surface area contributed by atoms with Crippen LogP contribution in [-0.4, -0.2) is 24.0 Å². The number of nitrogens with zero attached hydrogens (tertiary/aromatic N) is 2. The molecule has 0 saturated heterocycles. The molecule has 0 spiro atoms. The first-order valence-corrected chi connectivity index (χ1v) is 14.4. The number of halogens is 3. The van der Waals surface area contributed by atoms with Crippen LogP contribution in [0.25, 0.3) is 22.3 Å². The summed E-state index contributed by atoms with van der Waals surface area (Å²) in [6, 6.07) is 31.7. The van der Waals surface area contributed by atoms with Crippen LogP contribution in [0.15, 0.2) is 109 Å². The van der Waals surface area contributed by atoms with E-state index < -0.39 is 11.7 Å². The lowest BCUT2D eigenvalue weighted by atomic mass is 10.0. The van der Waals surface area contributed by atoms with Crippen molar-refractivity contribution in [2.75, 3.05) is 23.3 Å². The summed E-state index contributed by atoms with van der Waals surface area (Å²) >= 11 is 0. The zero-order valence-electron chi connectivity index (χ0n) is 24.2. The quantitative estimate of drug-likeness (QED) is 0.201. The van der Waals surface area contributed by atoms with Crippen molar-refractivity contribution >= 4 is 17.4 Å². The molecule has 4 aromatic carbocycles. The van der Waals surface area contributed by atoms with E-state index in [9.17, 15) is 18.0 Å². The highest BCUT2D eigenvalue weighted by Crippen LogP contribution is 2.36. The van der Waals surface area contributed by atoms with Crippen LogP contribution in [-0.2, 0) is 19.3 Å². The Morgan fingerprint density at radius 3 is 2.27 bits per heavy atom. The highest BCUT2D eigenvalue weighted by molar-refractivity contribution is 5.94. The molecule has 1 amide bonds. The number of aromatic nitrogens is 1. The summed E-state index contributed by atoms with van der Waals surface area (Å²) in [6.45, 7) is 3.43. The molecule has 8 heteroatoms. The van der Waals surface area contributed by atoms with E-state index >= 15 is 0 Å².